The SMILES string of the molecule is I.c1cc(CN=C(NCCCOCC2CC2)Nc2ccc3c(c2)OCCCO3)cs1. The van der Waals surface area contributed by atoms with Crippen LogP contribution in [0.5, 0.6) is 11.5 Å². The average molecular weight is 543 g/mol. The van der Waals surface area contributed by atoms with E-state index in [4.69, 9.17) is 19.2 Å². The van der Waals surface area contributed by atoms with Gasteiger partial charge in [-0.2, -0.15) is 11.3 Å². The molecule has 1 fully saturated rings. The second kappa shape index (κ2) is 12.4. The summed E-state index contributed by atoms with van der Waals surface area (Å²) in [5.74, 6) is 3.14. The van der Waals surface area contributed by atoms with Gasteiger partial charge in [0.25, 0.3) is 0 Å². The molecule has 1 saturated carbocycles. The Morgan fingerprint density at radius 3 is 2.83 bits per heavy atom. The molecule has 1 aromatic heterocycles. The predicted octanol–water partition coefficient (Wildman–Crippen LogP) is 4.90. The van der Waals surface area contributed by atoms with Gasteiger partial charge in [-0.25, -0.2) is 4.99 Å². The summed E-state index contributed by atoms with van der Waals surface area (Å²) in [5, 5.41) is 11.0. The normalized spacial score (nSPS) is 15.8. The van der Waals surface area contributed by atoms with E-state index >= 15 is 0 Å². The molecule has 0 saturated heterocycles. The first kappa shape index (κ1) is 23.1. The van der Waals surface area contributed by atoms with Crippen LogP contribution in [0.1, 0.15) is 31.2 Å². The number of thiophene rings is 1. The maximum atomic E-state index is 5.80. The van der Waals surface area contributed by atoms with Crippen molar-refractivity contribution in [3.8, 4) is 11.5 Å². The number of rotatable bonds is 9. The van der Waals surface area contributed by atoms with Crippen molar-refractivity contribution in [2.75, 3.05) is 38.3 Å². The van der Waals surface area contributed by atoms with E-state index in [-0.39, 0.29) is 24.0 Å². The standard InChI is InChI=1S/C22H29N3O3S.HI/c1(9-26-15-17-3-4-17)8-23-22(24-14-18-7-12-29-16-18)25-19-5-6-20-21(13-19)28-11-2-10-27-20;/h5-7,12-13,16-17H,1-4,8-11,14-15H2,(H2,23,24,25);1H. The molecule has 1 aromatic carbocycles. The number of guanidine groups is 1. The van der Waals surface area contributed by atoms with Crippen LogP contribution < -0.4 is 20.1 Å². The van der Waals surface area contributed by atoms with Gasteiger partial charge in [0.2, 0.25) is 0 Å². The lowest BCUT2D eigenvalue weighted by molar-refractivity contribution is 0.123. The van der Waals surface area contributed by atoms with E-state index in [9.17, 15) is 0 Å². The first-order valence-electron chi connectivity index (χ1n) is 10.4. The summed E-state index contributed by atoms with van der Waals surface area (Å²) < 4.78 is 17.2. The smallest absolute Gasteiger partial charge is 0.196 e. The van der Waals surface area contributed by atoms with Crippen LogP contribution in [-0.4, -0.2) is 38.9 Å². The summed E-state index contributed by atoms with van der Waals surface area (Å²) in [4.78, 5) is 4.74. The van der Waals surface area contributed by atoms with Crippen LogP contribution in [0.4, 0.5) is 5.69 Å². The van der Waals surface area contributed by atoms with Crippen molar-refractivity contribution in [3.63, 3.8) is 0 Å². The Bertz CT molecular complexity index is 797. The second-order valence-corrected chi connectivity index (χ2v) is 8.21. The molecular formula is C22H30IN3O3S. The first-order chi connectivity index (χ1) is 14.4. The van der Waals surface area contributed by atoms with E-state index in [1.165, 1.54) is 18.4 Å². The third kappa shape index (κ3) is 7.63. The number of nitrogens with zero attached hydrogens (tertiary/aromatic N) is 1. The fourth-order valence-corrected chi connectivity index (χ4v) is 3.65. The van der Waals surface area contributed by atoms with Gasteiger partial charge >= 0.3 is 0 Å². The van der Waals surface area contributed by atoms with Gasteiger partial charge in [0.15, 0.2) is 17.5 Å². The number of hydrogen-bond acceptors (Lipinski definition) is 5. The molecule has 2 aromatic rings. The molecule has 6 nitrogen and oxygen atoms in total. The highest BCUT2D eigenvalue weighted by Gasteiger charge is 2.20. The highest BCUT2D eigenvalue weighted by Crippen LogP contribution is 2.32. The molecule has 1 aliphatic carbocycles. The largest absolute Gasteiger partial charge is 0.490 e. The molecule has 2 aliphatic rings. The maximum absolute atomic E-state index is 5.80. The maximum Gasteiger partial charge on any atom is 0.196 e. The van der Waals surface area contributed by atoms with Crippen molar-refractivity contribution >= 4 is 47.0 Å². The Morgan fingerprint density at radius 1 is 1.17 bits per heavy atom. The molecule has 8 heteroatoms. The molecule has 0 radical (unpaired) electrons. The molecule has 0 amide bonds. The number of nitrogens with one attached hydrogen (secondary N) is 2. The first-order valence-corrected chi connectivity index (χ1v) is 11.3. The molecule has 164 valence electrons. The number of aliphatic imine (C=N–C) groups is 1. The summed E-state index contributed by atoms with van der Waals surface area (Å²) in [6, 6.07) is 8.02. The van der Waals surface area contributed by atoms with Gasteiger partial charge in [0, 0.05) is 37.9 Å². The van der Waals surface area contributed by atoms with Crippen LogP contribution in [-0.2, 0) is 11.3 Å². The average Bonchev–Trinajstić information content (AvgIpc) is 3.47. The summed E-state index contributed by atoms with van der Waals surface area (Å²) in [7, 11) is 0. The van der Waals surface area contributed by atoms with E-state index in [1.807, 2.05) is 18.2 Å². The Kier molecular flexibility index (Phi) is 9.54. The van der Waals surface area contributed by atoms with Gasteiger partial charge in [0.05, 0.1) is 19.8 Å². The van der Waals surface area contributed by atoms with Crippen molar-refractivity contribution in [3.05, 3.63) is 40.6 Å². The summed E-state index contributed by atoms with van der Waals surface area (Å²) in [6.45, 7) is 4.51. The van der Waals surface area contributed by atoms with Gasteiger partial charge in [0.1, 0.15) is 0 Å². The highest BCUT2D eigenvalue weighted by atomic mass is 127. The van der Waals surface area contributed by atoms with Gasteiger partial charge in [-0.05, 0) is 59.7 Å². The molecule has 2 N–H and O–H groups in total. The van der Waals surface area contributed by atoms with Gasteiger partial charge in [-0.1, -0.05) is 0 Å². The molecule has 2 heterocycles. The number of ether oxygens (including phenoxy) is 3. The minimum atomic E-state index is 0. The molecule has 0 atom stereocenters. The van der Waals surface area contributed by atoms with Gasteiger partial charge in [-0.15, -0.1) is 24.0 Å². The minimum absolute atomic E-state index is 0. The van der Waals surface area contributed by atoms with Gasteiger partial charge in [-0.3, -0.25) is 0 Å². The Hall–Kier alpha value is -1.52. The van der Waals surface area contributed by atoms with Crippen LogP contribution in [0.3, 0.4) is 0 Å². The number of benzene rings is 1. The molecule has 0 spiro atoms. The lowest BCUT2D eigenvalue weighted by Crippen LogP contribution is -2.32. The lowest BCUT2D eigenvalue weighted by atomic mass is 10.2. The zero-order valence-corrected chi connectivity index (χ0v) is 20.2. The van der Waals surface area contributed by atoms with Gasteiger partial charge < -0.3 is 24.8 Å². The zero-order chi connectivity index (χ0) is 19.7. The Balaban J connectivity index is 0.00000256. The fourth-order valence-electron chi connectivity index (χ4n) is 2.99. The third-order valence-electron chi connectivity index (χ3n) is 4.82. The summed E-state index contributed by atoms with van der Waals surface area (Å²) in [5.41, 5.74) is 2.14. The van der Waals surface area contributed by atoms with Crippen LogP contribution in [0.25, 0.3) is 0 Å². The minimum Gasteiger partial charge on any atom is -0.490 e. The monoisotopic (exact) mass is 543 g/mol. The Labute approximate surface area is 199 Å². The molecule has 0 unspecified atom stereocenters. The highest BCUT2D eigenvalue weighted by molar-refractivity contribution is 14.0. The van der Waals surface area contributed by atoms with E-state index in [0.29, 0.717) is 19.8 Å². The zero-order valence-electron chi connectivity index (χ0n) is 17.1. The molecule has 0 bridgehead atoms. The van der Waals surface area contributed by atoms with Crippen LogP contribution in [0, 0.1) is 5.92 Å². The number of hydrogen-bond donors (Lipinski definition) is 2. The molecule has 1 aliphatic heterocycles. The number of anilines is 1. The predicted molar refractivity (Wildman–Crippen MR) is 133 cm³/mol. The third-order valence-corrected chi connectivity index (χ3v) is 5.55. The van der Waals surface area contributed by atoms with Crippen LogP contribution in [0.2, 0.25) is 0 Å². The fraction of sp³-hybridized carbons (Fsp3) is 0.500. The molecule has 4 rings (SSSR count). The van der Waals surface area contributed by atoms with Crippen molar-refractivity contribution in [1.82, 2.24) is 5.32 Å². The quantitative estimate of drug-likeness (QED) is 0.204. The van der Waals surface area contributed by atoms with Crippen molar-refractivity contribution < 1.29 is 14.2 Å². The number of halogens is 1. The number of fused-ring (bicyclic) bond motifs is 1. The topological polar surface area (TPSA) is 64.1 Å². The summed E-state index contributed by atoms with van der Waals surface area (Å²) >= 11 is 1.69. The van der Waals surface area contributed by atoms with Crippen molar-refractivity contribution in [2.45, 2.75) is 32.2 Å². The van der Waals surface area contributed by atoms with Crippen LogP contribution in [0.15, 0.2) is 40.0 Å². The van der Waals surface area contributed by atoms with E-state index in [0.717, 1.165) is 61.7 Å². The second-order valence-electron chi connectivity index (χ2n) is 7.43. The van der Waals surface area contributed by atoms with Crippen LogP contribution >= 0.6 is 35.3 Å². The van der Waals surface area contributed by atoms with Crippen molar-refractivity contribution in [1.29, 1.82) is 0 Å². The molecular weight excluding hydrogens is 513 g/mol. The Morgan fingerprint density at radius 2 is 2.03 bits per heavy atom. The van der Waals surface area contributed by atoms with E-state index < -0.39 is 0 Å². The summed E-state index contributed by atoms with van der Waals surface area (Å²) in [6.07, 6.45) is 4.51. The lowest BCUT2D eigenvalue weighted by Gasteiger charge is -2.14. The van der Waals surface area contributed by atoms with E-state index in [2.05, 4.69) is 27.5 Å². The van der Waals surface area contributed by atoms with Crippen molar-refractivity contribution in [2.24, 2.45) is 10.9 Å². The van der Waals surface area contributed by atoms with E-state index in [1.54, 1.807) is 11.3 Å². The molecule has 30 heavy (non-hydrogen) atoms.